The van der Waals surface area contributed by atoms with Crippen molar-refractivity contribution in [3.05, 3.63) is 52.5 Å². The van der Waals surface area contributed by atoms with E-state index >= 15 is 0 Å². The molecule has 0 bridgehead atoms. The molecule has 0 radical (unpaired) electrons. The largest absolute Gasteiger partial charge is 0.368 e. The van der Waals surface area contributed by atoms with Crippen LogP contribution in [-0.4, -0.2) is 35.0 Å². The number of nitrogens with zero attached hydrogens (tertiary/aromatic N) is 2. The second kappa shape index (κ2) is 8.46. The van der Waals surface area contributed by atoms with Crippen LogP contribution < -0.4 is 16.0 Å². The molecular formula is C19H20BrClFN5O. The van der Waals surface area contributed by atoms with Crippen molar-refractivity contribution in [2.45, 2.75) is 18.9 Å². The average Bonchev–Trinajstić information content (AvgIpc) is 3.04. The van der Waals surface area contributed by atoms with Crippen LogP contribution in [-0.2, 0) is 0 Å². The third-order valence-corrected chi connectivity index (χ3v) is 5.32. The number of aromatic nitrogens is 2. The van der Waals surface area contributed by atoms with Crippen molar-refractivity contribution >= 4 is 56.7 Å². The van der Waals surface area contributed by atoms with Gasteiger partial charge in [-0.05, 0) is 47.0 Å². The molecule has 1 amide bonds. The highest BCUT2D eigenvalue weighted by atomic mass is 79.9. The normalized spacial score (nSPS) is 16.7. The number of nitrogens with one attached hydrogen (secondary N) is 2. The summed E-state index contributed by atoms with van der Waals surface area (Å²) in [5.74, 6) is -0.828. The minimum Gasteiger partial charge on any atom is -0.368 e. The third-order valence-electron chi connectivity index (χ3n) is 4.74. The zero-order valence-corrected chi connectivity index (χ0v) is 17.3. The topological polar surface area (TPSA) is 87.0 Å². The summed E-state index contributed by atoms with van der Waals surface area (Å²) in [5, 5.41) is 3.68. The van der Waals surface area contributed by atoms with Gasteiger partial charge < -0.3 is 20.9 Å². The van der Waals surface area contributed by atoms with Crippen molar-refractivity contribution in [3.8, 4) is 0 Å². The summed E-state index contributed by atoms with van der Waals surface area (Å²) in [7, 11) is 0. The molecule has 28 heavy (non-hydrogen) atoms. The van der Waals surface area contributed by atoms with Gasteiger partial charge in [-0.2, -0.15) is 0 Å². The molecule has 1 fully saturated rings. The molecule has 6 nitrogen and oxygen atoms in total. The van der Waals surface area contributed by atoms with Gasteiger partial charge in [-0.25, -0.2) is 9.37 Å². The van der Waals surface area contributed by atoms with Gasteiger partial charge in [0.15, 0.2) is 0 Å². The first-order chi connectivity index (χ1) is 13.0. The molecule has 1 saturated heterocycles. The van der Waals surface area contributed by atoms with E-state index in [9.17, 15) is 9.18 Å². The Morgan fingerprint density at radius 2 is 2.25 bits per heavy atom. The van der Waals surface area contributed by atoms with Crippen LogP contribution in [0.4, 0.5) is 15.8 Å². The molecule has 2 aromatic heterocycles. The average molecular weight is 469 g/mol. The van der Waals surface area contributed by atoms with Gasteiger partial charge in [-0.1, -0.05) is 6.07 Å². The highest BCUT2D eigenvalue weighted by molar-refractivity contribution is 9.10. The smallest absolute Gasteiger partial charge is 0.255 e. The molecule has 0 saturated carbocycles. The third kappa shape index (κ3) is 3.99. The van der Waals surface area contributed by atoms with Gasteiger partial charge in [0.05, 0.1) is 21.2 Å². The number of benzene rings is 1. The van der Waals surface area contributed by atoms with Gasteiger partial charge in [0, 0.05) is 37.1 Å². The standard InChI is InChI=1S/C19H19BrFN5O.ClH/c20-14-8-23-18-16(17(14)26-6-2-5-13(22)10-26)15(9-24-18)25-19(27)11-3-1-4-12(21)7-11;/h1,3-4,7-9,13H,2,5-6,10,22H2,(H,23,24)(H,25,27);1H. The van der Waals surface area contributed by atoms with Crippen LogP contribution in [0.1, 0.15) is 23.2 Å². The summed E-state index contributed by atoms with van der Waals surface area (Å²) < 4.78 is 14.3. The Kier molecular flexibility index (Phi) is 6.22. The van der Waals surface area contributed by atoms with E-state index in [1.807, 2.05) is 0 Å². The van der Waals surface area contributed by atoms with E-state index in [0.29, 0.717) is 11.3 Å². The predicted molar refractivity (Wildman–Crippen MR) is 115 cm³/mol. The van der Waals surface area contributed by atoms with Gasteiger partial charge >= 0.3 is 0 Å². The Balaban J connectivity index is 0.00000225. The summed E-state index contributed by atoms with van der Waals surface area (Å²) in [4.78, 5) is 22.3. The number of hydrogen-bond acceptors (Lipinski definition) is 4. The molecule has 1 unspecified atom stereocenters. The van der Waals surface area contributed by atoms with Crippen molar-refractivity contribution < 1.29 is 9.18 Å². The second-order valence-corrected chi connectivity index (χ2v) is 7.55. The number of pyridine rings is 1. The summed E-state index contributed by atoms with van der Waals surface area (Å²) in [6, 6.07) is 5.71. The van der Waals surface area contributed by atoms with Gasteiger partial charge in [-0.3, -0.25) is 4.79 Å². The maximum absolute atomic E-state index is 13.4. The van der Waals surface area contributed by atoms with Gasteiger partial charge in [0.1, 0.15) is 11.5 Å². The fourth-order valence-corrected chi connectivity index (χ4v) is 4.05. The Hall–Kier alpha value is -2.16. The number of aromatic amines is 1. The number of fused-ring (bicyclic) bond motifs is 1. The number of carbonyl (C=O) groups is 1. The SMILES string of the molecule is Cl.NC1CCCN(c2c(Br)cnc3[nH]cc(NC(=O)c4cccc(F)c4)c23)C1. The Bertz CT molecular complexity index is 1010. The zero-order valence-electron chi connectivity index (χ0n) is 14.9. The summed E-state index contributed by atoms with van der Waals surface area (Å²) in [6.45, 7) is 1.62. The molecule has 9 heteroatoms. The Labute approximate surface area is 176 Å². The van der Waals surface area contributed by atoms with Crippen LogP contribution in [0, 0.1) is 5.82 Å². The lowest BCUT2D eigenvalue weighted by atomic mass is 10.1. The van der Waals surface area contributed by atoms with E-state index in [1.54, 1.807) is 18.5 Å². The number of rotatable bonds is 3. The van der Waals surface area contributed by atoms with Crippen LogP contribution in [0.25, 0.3) is 11.0 Å². The molecule has 4 rings (SSSR count). The van der Waals surface area contributed by atoms with Gasteiger partial charge in [-0.15, -0.1) is 12.4 Å². The Morgan fingerprint density at radius 1 is 1.43 bits per heavy atom. The van der Waals surface area contributed by atoms with Crippen molar-refractivity contribution in [1.82, 2.24) is 9.97 Å². The number of piperidine rings is 1. The van der Waals surface area contributed by atoms with Crippen molar-refractivity contribution in [2.75, 3.05) is 23.3 Å². The van der Waals surface area contributed by atoms with E-state index in [-0.39, 0.29) is 29.9 Å². The molecule has 3 heterocycles. The first kappa shape index (κ1) is 20.6. The number of anilines is 2. The number of carbonyl (C=O) groups excluding carboxylic acids is 1. The number of nitrogens with two attached hydrogens (primary N) is 1. The Morgan fingerprint density at radius 3 is 3.00 bits per heavy atom. The fourth-order valence-electron chi connectivity index (χ4n) is 3.50. The zero-order chi connectivity index (χ0) is 19.0. The lowest BCUT2D eigenvalue weighted by Gasteiger charge is -2.33. The van der Waals surface area contributed by atoms with Crippen LogP contribution in [0.3, 0.4) is 0 Å². The highest BCUT2D eigenvalue weighted by Gasteiger charge is 2.24. The number of amides is 1. The van der Waals surface area contributed by atoms with E-state index in [1.165, 1.54) is 18.2 Å². The molecule has 148 valence electrons. The lowest BCUT2D eigenvalue weighted by Crippen LogP contribution is -2.43. The molecule has 0 spiro atoms. The van der Waals surface area contributed by atoms with Crippen LogP contribution >= 0.6 is 28.3 Å². The van der Waals surface area contributed by atoms with E-state index in [0.717, 1.165) is 41.5 Å². The summed E-state index contributed by atoms with van der Waals surface area (Å²) in [5.41, 5.74) is 8.63. The monoisotopic (exact) mass is 467 g/mol. The molecular weight excluding hydrogens is 449 g/mol. The maximum atomic E-state index is 13.4. The molecule has 1 aliphatic rings. The van der Waals surface area contributed by atoms with Crippen LogP contribution in [0.2, 0.25) is 0 Å². The molecule has 1 atom stereocenters. The molecule has 4 N–H and O–H groups in total. The van der Waals surface area contributed by atoms with E-state index in [2.05, 4.69) is 36.1 Å². The first-order valence-corrected chi connectivity index (χ1v) is 9.55. The number of H-pyrrole nitrogens is 1. The van der Waals surface area contributed by atoms with Crippen molar-refractivity contribution in [3.63, 3.8) is 0 Å². The minimum atomic E-state index is -0.450. The van der Waals surface area contributed by atoms with E-state index < -0.39 is 5.82 Å². The van der Waals surface area contributed by atoms with Crippen LogP contribution in [0.15, 0.2) is 41.1 Å². The minimum absolute atomic E-state index is 0. The molecule has 1 aromatic carbocycles. The van der Waals surface area contributed by atoms with Gasteiger partial charge in [0.25, 0.3) is 5.91 Å². The number of halogens is 3. The second-order valence-electron chi connectivity index (χ2n) is 6.69. The fraction of sp³-hybridized carbons (Fsp3) is 0.263. The van der Waals surface area contributed by atoms with E-state index in [4.69, 9.17) is 5.73 Å². The van der Waals surface area contributed by atoms with Crippen LogP contribution in [0.5, 0.6) is 0 Å². The van der Waals surface area contributed by atoms with Crippen molar-refractivity contribution in [2.24, 2.45) is 5.73 Å². The quantitative estimate of drug-likeness (QED) is 0.541. The summed E-state index contributed by atoms with van der Waals surface area (Å²) in [6.07, 6.45) is 5.45. The van der Waals surface area contributed by atoms with Crippen molar-refractivity contribution in [1.29, 1.82) is 0 Å². The predicted octanol–water partition coefficient (Wildman–Crippen LogP) is 4.07. The molecule has 0 aliphatic carbocycles. The summed E-state index contributed by atoms with van der Waals surface area (Å²) >= 11 is 3.59. The lowest BCUT2D eigenvalue weighted by molar-refractivity contribution is 0.102. The molecule has 3 aromatic rings. The number of hydrogen-bond donors (Lipinski definition) is 3. The maximum Gasteiger partial charge on any atom is 0.255 e. The highest BCUT2D eigenvalue weighted by Crippen LogP contribution is 2.38. The molecule has 1 aliphatic heterocycles. The van der Waals surface area contributed by atoms with Gasteiger partial charge in [0.2, 0.25) is 0 Å². The first-order valence-electron chi connectivity index (χ1n) is 8.76.